The van der Waals surface area contributed by atoms with Crippen molar-refractivity contribution in [3.05, 3.63) is 72.6 Å². The quantitative estimate of drug-likeness (QED) is 0.425. The van der Waals surface area contributed by atoms with Gasteiger partial charge in [0.2, 0.25) is 0 Å². The predicted octanol–water partition coefficient (Wildman–Crippen LogP) is 4.31. The molecule has 2 rings (SSSR count). The highest BCUT2D eigenvalue weighted by Crippen LogP contribution is 2.15. The summed E-state index contributed by atoms with van der Waals surface area (Å²) in [6.45, 7) is 4.85. The standard InChI is InChI=1S/C19H21FN2OS/c1-2-14-23-18-11-9-17(10-12-18)22-19(24)21-13-3-4-15-5-7-16(20)8-6-15/h2,5-12H,1,3-4,13-14H2,(H2,21,22,24). The first kappa shape index (κ1) is 17.9. The number of aryl methyl sites for hydroxylation is 1. The summed E-state index contributed by atoms with van der Waals surface area (Å²) < 4.78 is 18.3. The molecular formula is C19H21FN2OS. The van der Waals surface area contributed by atoms with E-state index < -0.39 is 0 Å². The molecule has 0 saturated carbocycles. The van der Waals surface area contributed by atoms with Crippen LogP contribution in [0, 0.1) is 5.82 Å². The van der Waals surface area contributed by atoms with Crippen LogP contribution in [0.15, 0.2) is 61.2 Å². The minimum absolute atomic E-state index is 0.205. The van der Waals surface area contributed by atoms with E-state index in [9.17, 15) is 4.39 Å². The van der Waals surface area contributed by atoms with Gasteiger partial charge in [0.25, 0.3) is 0 Å². The van der Waals surface area contributed by atoms with Crippen LogP contribution < -0.4 is 15.4 Å². The minimum atomic E-state index is -0.205. The number of ether oxygens (including phenoxy) is 1. The summed E-state index contributed by atoms with van der Waals surface area (Å²) in [5.74, 6) is 0.585. The van der Waals surface area contributed by atoms with E-state index in [0.717, 1.165) is 36.4 Å². The lowest BCUT2D eigenvalue weighted by molar-refractivity contribution is 0.363. The zero-order chi connectivity index (χ0) is 17.2. The van der Waals surface area contributed by atoms with Crippen LogP contribution in [0.3, 0.4) is 0 Å². The van der Waals surface area contributed by atoms with E-state index >= 15 is 0 Å². The van der Waals surface area contributed by atoms with Gasteiger partial charge in [-0.05, 0) is 67.0 Å². The van der Waals surface area contributed by atoms with Crippen LogP contribution in [-0.4, -0.2) is 18.3 Å². The number of hydrogen-bond donors (Lipinski definition) is 2. The molecule has 0 unspecified atom stereocenters. The van der Waals surface area contributed by atoms with Gasteiger partial charge in [-0.1, -0.05) is 24.8 Å². The van der Waals surface area contributed by atoms with Crippen molar-refractivity contribution in [1.82, 2.24) is 5.32 Å². The Balaban J connectivity index is 1.67. The summed E-state index contributed by atoms with van der Waals surface area (Å²) >= 11 is 5.27. The first-order valence-electron chi connectivity index (χ1n) is 7.80. The van der Waals surface area contributed by atoms with Gasteiger partial charge < -0.3 is 15.4 Å². The van der Waals surface area contributed by atoms with Crippen LogP contribution in [0.4, 0.5) is 10.1 Å². The summed E-state index contributed by atoms with van der Waals surface area (Å²) in [5.41, 5.74) is 2.02. The van der Waals surface area contributed by atoms with E-state index in [-0.39, 0.29) is 5.82 Å². The van der Waals surface area contributed by atoms with E-state index in [0.29, 0.717) is 11.7 Å². The van der Waals surface area contributed by atoms with Crippen molar-refractivity contribution in [3.8, 4) is 5.75 Å². The number of thiocarbonyl (C=S) groups is 1. The summed E-state index contributed by atoms with van der Waals surface area (Å²) in [5, 5.41) is 6.87. The van der Waals surface area contributed by atoms with Crippen molar-refractivity contribution < 1.29 is 9.13 Å². The first-order valence-corrected chi connectivity index (χ1v) is 8.21. The van der Waals surface area contributed by atoms with Gasteiger partial charge in [0, 0.05) is 12.2 Å². The third-order valence-electron chi connectivity index (χ3n) is 3.32. The van der Waals surface area contributed by atoms with Crippen LogP contribution >= 0.6 is 12.2 Å². The SMILES string of the molecule is C=CCOc1ccc(NC(=S)NCCCc2ccc(F)cc2)cc1. The molecule has 0 heterocycles. The maximum absolute atomic E-state index is 12.8. The molecule has 0 aromatic heterocycles. The van der Waals surface area contributed by atoms with E-state index in [4.69, 9.17) is 17.0 Å². The van der Waals surface area contributed by atoms with Crippen molar-refractivity contribution in [2.45, 2.75) is 12.8 Å². The number of nitrogens with one attached hydrogen (secondary N) is 2. The molecule has 0 aliphatic heterocycles. The molecule has 126 valence electrons. The molecular weight excluding hydrogens is 323 g/mol. The van der Waals surface area contributed by atoms with Crippen LogP contribution in [0.2, 0.25) is 0 Å². The fourth-order valence-corrected chi connectivity index (χ4v) is 2.33. The maximum atomic E-state index is 12.8. The van der Waals surface area contributed by atoms with E-state index in [1.807, 2.05) is 36.4 Å². The van der Waals surface area contributed by atoms with Gasteiger partial charge in [-0.2, -0.15) is 0 Å². The van der Waals surface area contributed by atoms with E-state index in [1.165, 1.54) is 12.1 Å². The molecule has 0 amide bonds. The summed E-state index contributed by atoms with van der Waals surface area (Å²) in [7, 11) is 0. The number of hydrogen-bond acceptors (Lipinski definition) is 2. The third kappa shape index (κ3) is 6.38. The van der Waals surface area contributed by atoms with Crippen molar-refractivity contribution in [1.29, 1.82) is 0 Å². The van der Waals surface area contributed by atoms with Crippen LogP contribution in [0.5, 0.6) is 5.75 Å². The van der Waals surface area contributed by atoms with Gasteiger partial charge in [0.05, 0.1) is 0 Å². The zero-order valence-electron chi connectivity index (χ0n) is 13.4. The smallest absolute Gasteiger partial charge is 0.170 e. The Hall–Kier alpha value is -2.40. The fourth-order valence-electron chi connectivity index (χ4n) is 2.11. The van der Waals surface area contributed by atoms with Gasteiger partial charge in [-0.3, -0.25) is 0 Å². The van der Waals surface area contributed by atoms with Gasteiger partial charge >= 0.3 is 0 Å². The second kappa shape index (κ2) is 9.67. The lowest BCUT2D eigenvalue weighted by atomic mass is 10.1. The highest BCUT2D eigenvalue weighted by Gasteiger charge is 1.99. The molecule has 2 aromatic rings. The molecule has 0 fully saturated rings. The lowest BCUT2D eigenvalue weighted by Gasteiger charge is -2.11. The van der Waals surface area contributed by atoms with Gasteiger partial charge in [0.1, 0.15) is 18.2 Å². The second-order valence-electron chi connectivity index (χ2n) is 5.23. The highest BCUT2D eigenvalue weighted by atomic mass is 32.1. The molecule has 0 aliphatic rings. The minimum Gasteiger partial charge on any atom is -0.490 e. The van der Waals surface area contributed by atoms with E-state index in [1.54, 1.807) is 6.08 Å². The molecule has 3 nitrogen and oxygen atoms in total. The normalized spacial score (nSPS) is 10.0. The molecule has 0 saturated heterocycles. The largest absolute Gasteiger partial charge is 0.490 e. The Morgan fingerprint density at radius 3 is 2.50 bits per heavy atom. The molecule has 0 spiro atoms. The van der Waals surface area contributed by atoms with Crippen molar-refractivity contribution in [3.63, 3.8) is 0 Å². The Labute approximate surface area is 147 Å². The zero-order valence-corrected chi connectivity index (χ0v) is 14.2. The Morgan fingerprint density at radius 2 is 1.83 bits per heavy atom. The molecule has 2 aromatic carbocycles. The summed E-state index contributed by atoms with van der Waals surface area (Å²) in [6.07, 6.45) is 3.50. The van der Waals surface area contributed by atoms with Crippen molar-refractivity contribution in [2.75, 3.05) is 18.5 Å². The second-order valence-corrected chi connectivity index (χ2v) is 5.64. The topological polar surface area (TPSA) is 33.3 Å². The molecule has 0 aliphatic carbocycles. The molecule has 0 bridgehead atoms. The fraction of sp³-hybridized carbons (Fsp3) is 0.211. The van der Waals surface area contributed by atoms with Gasteiger partial charge in [-0.25, -0.2) is 4.39 Å². The average molecular weight is 344 g/mol. The number of anilines is 1. The van der Waals surface area contributed by atoms with Crippen molar-refractivity contribution in [2.24, 2.45) is 0 Å². The first-order chi connectivity index (χ1) is 11.7. The van der Waals surface area contributed by atoms with Crippen molar-refractivity contribution >= 4 is 23.0 Å². The average Bonchev–Trinajstić information content (AvgIpc) is 2.60. The number of benzene rings is 2. The Kier molecular flexibility index (Phi) is 7.23. The van der Waals surface area contributed by atoms with Crippen LogP contribution in [0.25, 0.3) is 0 Å². The third-order valence-corrected chi connectivity index (χ3v) is 3.57. The summed E-state index contributed by atoms with van der Waals surface area (Å²) in [4.78, 5) is 0. The van der Waals surface area contributed by atoms with Crippen LogP contribution in [0.1, 0.15) is 12.0 Å². The molecule has 5 heteroatoms. The summed E-state index contributed by atoms with van der Waals surface area (Å²) in [6, 6.07) is 14.2. The Bertz CT molecular complexity index is 656. The monoisotopic (exact) mass is 344 g/mol. The van der Waals surface area contributed by atoms with Gasteiger partial charge in [-0.15, -0.1) is 0 Å². The molecule has 24 heavy (non-hydrogen) atoms. The van der Waals surface area contributed by atoms with E-state index in [2.05, 4.69) is 17.2 Å². The highest BCUT2D eigenvalue weighted by molar-refractivity contribution is 7.80. The molecule has 0 radical (unpaired) electrons. The Morgan fingerprint density at radius 1 is 1.12 bits per heavy atom. The predicted molar refractivity (Wildman–Crippen MR) is 101 cm³/mol. The number of rotatable bonds is 8. The van der Waals surface area contributed by atoms with Gasteiger partial charge in [0.15, 0.2) is 5.11 Å². The van der Waals surface area contributed by atoms with Crippen LogP contribution in [-0.2, 0) is 6.42 Å². The lowest BCUT2D eigenvalue weighted by Crippen LogP contribution is -2.29. The molecule has 0 atom stereocenters. The molecule has 2 N–H and O–H groups in total. The number of halogens is 1. The maximum Gasteiger partial charge on any atom is 0.170 e.